The Morgan fingerprint density at radius 1 is 1.47 bits per heavy atom. The molecule has 1 aliphatic rings. The molecule has 0 aromatic carbocycles. The summed E-state index contributed by atoms with van der Waals surface area (Å²) in [5, 5.41) is 0. The molecule has 1 amide bonds. The van der Waals surface area contributed by atoms with Crippen molar-refractivity contribution in [2.45, 2.75) is 46.1 Å². The van der Waals surface area contributed by atoms with Gasteiger partial charge in [0.2, 0.25) is 5.91 Å². The van der Waals surface area contributed by atoms with Crippen LogP contribution in [-0.4, -0.2) is 55.0 Å². The number of nitrogens with two attached hydrogens (primary N) is 1. The molecule has 0 aliphatic carbocycles. The second kappa shape index (κ2) is 7.85. The van der Waals surface area contributed by atoms with Crippen LogP contribution in [0.5, 0.6) is 0 Å². The number of piperidine rings is 1. The lowest BCUT2D eigenvalue weighted by Crippen LogP contribution is -2.44. The number of likely N-dealkylation sites (tertiary alicyclic amines) is 1. The topological polar surface area (TPSA) is 49.6 Å². The molecule has 0 spiro atoms. The van der Waals surface area contributed by atoms with Gasteiger partial charge in [-0.2, -0.15) is 0 Å². The number of rotatable bonds is 6. The van der Waals surface area contributed by atoms with E-state index in [1.165, 1.54) is 6.42 Å². The van der Waals surface area contributed by atoms with Gasteiger partial charge < -0.3 is 10.6 Å². The lowest BCUT2D eigenvalue weighted by molar-refractivity contribution is -0.133. The Bertz CT molecular complexity index is 281. The highest BCUT2D eigenvalue weighted by molar-refractivity contribution is 5.78. The minimum atomic E-state index is 0.229. The average Bonchev–Trinajstić information content (AvgIpc) is 2.35. The predicted molar refractivity (Wildman–Crippen MR) is 79.9 cm³/mol. The molecule has 0 bridgehead atoms. The van der Waals surface area contributed by atoms with Crippen LogP contribution in [0.1, 0.15) is 40.0 Å². The third kappa shape index (κ3) is 5.91. The average molecular weight is 269 g/mol. The number of nitrogens with zero attached hydrogens (tertiary/aromatic N) is 2. The van der Waals surface area contributed by atoms with Crippen molar-refractivity contribution in [3.05, 3.63) is 0 Å². The molecule has 1 saturated heterocycles. The van der Waals surface area contributed by atoms with Crippen molar-refractivity contribution >= 4 is 5.91 Å². The summed E-state index contributed by atoms with van der Waals surface area (Å²) in [7, 11) is 2.01. The standard InChI is InChI=1S/C15H31N3O/c1-12(2)14(16)7-9-17(4)11-15(19)18-8-5-6-13(3)10-18/h12-14H,5-11,16H2,1-4H3. The Morgan fingerprint density at radius 3 is 2.74 bits per heavy atom. The van der Waals surface area contributed by atoms with Crippen molar-refractivity contribution in [3.8, 4) is 0 Å². The van der Waals surface area contributed by atoms with Crippen LogP contribution in [0, 0.1) is 11.8 Å². The van der Waals surface area contributed by atoms with Gasteiger partial charge >= 0.3 is 0 Å². The van der Waals surface area contributed by atoms with Gasteiger partial charge in [0, 0.05) is 19.1 Å². The van der Waals surface area contributed by atoms with Gasteiger partial charge in [0.05, 0.1) is 6.54 Å². The number of carbonyl (C=O) groups excluding carboxylic acids is 1. The van der Waals surface area contributed by atoms with Crippen molar-refractivity contribution in [3.63, 3.8) is 0 Å². The summed E-state index contributed by atoms with van der Waals surface area (Å²) in [5.74, 6) is 1.43. The van der Waals surface area contributed by atoms with Crippen LogP contribution < -0.4 is 5.73 Å². The van der Waals surface area contributed by atoms with Crippen LogP contribution in [0.15, 0.2) is 0 Å². The Morgan fingerprint density at radius 2 is 2.16 bits per heavy atom. The fraction of sp³-hybridized carbons (Fsp3) is 0.933. The van der Waals surface area contributed by atoms with Crippen LogP contribution in [-0.2, 0) is 4.79 Å². The minimum absolute atomic E-state index is 0.229. The Balaban J connectivity index is 2.27. The van der Waals surface area contributed by atoms with Crippen molar-refractivity contribution in [2.24, 2.45) is 17.6 Å². The molecule has 0 aromatic heterocycles. The molecular weight excluding hydrogens is 238 g/mol. The summed E-state index contributed by atoms with van der Waals surface area (Å²) in [6.07, 6.45) is 3.36. The summed E-state index contributed by atoms with van der Waals surface area (Å²) in [4.78, 5) is 16.3. The van der Waals surface area contributed by atoms with Crippen LogP contribution in [0.25, 0.3) is 0 Å². The van der Waals surface area contributed by atoms with Crippen LogP contribution in [0.2, 0.25) is 0 Å². The number of likely N-dealkylation sites (N-methyl/N-ethyl adjacent to an activating group) is 1. The van der Waals surface area contributed by atoms with E-state index in [1.807, 2.05) is 11.9 Å². The molecule has 4 nitrogen and oxygen atoms in total. The van der Waals surface area contributed by atoms with E-state index in [2.05, 4.69) is 25.7 Å². The van der Waals surface area contributed by atoms with E-state index in [9.17, 15) is 4.79 Å². The smallest absolute Gasteiger partial charge is 0.236 e. The van der Waals surface area contributed by atoms with Gasteiger partial charge in [-0.05, 0) is 44.7 Å². The quantitative estimate of drug-likeness (QED) is 0.796. The third-order valence-corrected chi connectivity index (χ3v) is 4.12. The molecular formula is C15H31N3O. The monoisotopic (exact) mass is 269 g/mol. The fourth-order valence-corrected chi connectivity index (χ4v) is 2.53. The molecule has 2 atom stereocenters. The zero-order chi connectivity index (χ0) is 14.4. The molecule has 0 saturated carbocycles. The normalized spacial score (nSPS) is 22.1. The largest absolute Gasteiger partial charge is 0.341 e. The van der Waals surface area contributed by atoms with Gasteiger partial charge in [0.15, 0.2) is 0 Å². The molecule has 1 heterocycles. The van der Waals surface area contributed by atoms with E-state index in [0.717, 1.165) is 32.5 Å². The van der Waals surface area contributed by atoms with Crippen LogP contribution in [0.3, 0.4) is 0 Å². The number of carbonyl (C=O) groups is 1. The van der Waals surface area contributed by atoms with Gasteiger partial charge in [0.25, 0.3) is 0 Å². The first-order valence-electron chi connectivity index (χ1n) is 7.62. The van der Waals surface area contributed by atoms with E-state index in [0.29, 0.717) is 18.4 Å². The number of amides is 1. The summed E-state index contributed by atoms with van der Waals surface area (Å²) in [5.41, 5.74) is 6.03. The summed E-state index contributed by atoms with van der Waals surface area (Å²) < 4.78 is 0. The van der Waals surface area contributed by atoms with Gasteiger partial charge in [0.1, 0.15) is 0 Å². The first-order chi connectivity index (χ1) is 8.90. The van der Waals surface area contributed by atoms with E-state index < -0.39 is 0 Å². The maximum absolute atomic E-state index is 12.2. The molecule has 112 valence electrons. The van der Waals surface area contributed by atoms with Gasteiger partial charge in [-0.25, -0.2) is 0 Å². The molecule has 19 heavy (non-hydrogen) atoms. The first-order valence-corrected chi connectivity index (χ1v) is 7.62. The zero-order valence-corrected chi connectivity index (χ0v) is 13.1. The van der Waals surface area contributed by atoms with E-state index in [4.69, 9.17) is 5.73 Å². The highest BCUT2D eigenvalue weighted by Gasteiger charge is 2.21. The lowest BCUT2D eigenvalue weighted by Gasteiger charge is -2.32. The molecule has 0 radical (unpaired) electrons. The molecule has 1 rings (SSSR count). The predicted octanol–water partition coefficient (Wildman–Crippen LogP) is 1.55. The second-order valence-electron chi connectivity index (χ2n) is 6.52. The van der Waals surface area contributed by atoms with E-state index >= 15 is 0 Å². The van der Waals surface area contributed by atoms with E-state index in [1.54, 1.807) is 0 Å². The number of hydrogen-bond donors (Lipinski definition) is 1. The first kappa shape index (κ1) is 16.4. The lowest BCUT2D eigenvalue weighted by atomic mass is 10.0. The van der Waals surface area contributed by atoms with Crippen LogP contribution in [0.4, 0.5) is 0 Å². The van der Waals surface area contributed by atoms with Gasteiger partial charge in [-0.1, -0.05) is 20.8 Å². The SMILES string of the molecule is CC1CCCN(C(=O)CN(C)CCC(N)C(C)C)C1. The molecule has 0 aromatic rings. The third-order valence-electron chi connectivity index (χ3n) is 4.12. The number of hydrogen-bond acceptors (Lipinski definition) is 3. The molecule has 1 fully saturated rings. The summed E-state index contributed by atoms with van der Waals surface area (Å²) in [6.45, 7) is 9.80. The maximum Gasteiger partial charge on any atom is 0.236 e. The van der Waals surface area contributed by atoms with Gasteiger partial charge in [-0.3, -0.25) is 9.69 Å². The molecule has 4 heteroatoms. The van der Waals surface area contributed by atoms with Crippen molar-refractivity contribution in [2.75, 3.05) is 33.2 Å². The minimum Gasteiger partial charge on any atom is -0.341 e. The fourth-order valence-electron chi connectivity index (χ4n) is 2.53. The van der Waals surface area contributed by atoms with Gasteiger partial charge in [-0.15, -0.1) is 0 Å². The highest BCUT2D eigenvalue weighted by atomic mass is 16.2. The molecule has 1 aliphatic heterocycles. The van der Waals surface area contributed by atoms with Crippen molar-refractivity contribution < 1.29 is 4.79 Å². The van der Waals surface area contributed by atoms with E-state index in [-0.39, 0.29) is 11.9 Å². The zero-order valence-electron chi connectivity index (χ0n) is 13.1. The Hall–Kier alpha value is -0.610. The maximum atomic E-state index is 12.2. The van der Waals surface area contributed by atoms with Crippen molar-refractivity contribution in [1.82, 2.24) is 9.80 Å². The van der Waals surface area contributed by atoms with Crippen LogP contribution >= 0.6 is 0 Å². The summed E-state index contributed by atoms with van der Waals surface area (Å²) >= 11 is 0. The molecule has 2 unspecified atom stereocenters. The highest BCUT2D eigenvalue weighted by Crippen LogP contribution is 2.15. The Labute approximate surface area is 118 Å². The van der Waals surface area contributed by atoms with Crippen molar-refractivity contribution in [1.29, 1.82) is 0 Å². The molecule has 2 N–H and O–H groups in total. The Kier molecular flexibility index (Phi) is 6.80. The second-order valence-corrected chi connectivity index (χ2v) is 6.52. The summed E-state index contributed by atoms with van der Waals surface area (Å²) in [6, 6.07) is 0.229.